The number of likely N-dealkylation sites (tertiary alicyclic amines) is 2. The smallest absolute Gasteiger partial charge is 0.232 e. The van der Waals surface area contributed by atoms with Crippen LogP contribution in [0.1, 0.15) is 141 Å². The molecule has 2 saturated heterocycles. The van der Waals surface area contributed by atoms with E-state index in [1.54, 1.807) is 0 Å². The van der Waals surface area contributed by atoms with Crippen molar-refractivity contribution in [1.29, 1.82) is 0 Å². The standard InChI is InChI=1S/C36H70N8/c1-15-18-20-43(28-22-33(5,6)41(13)34(7,8)23-28)31-38-30(37-26-27(4)17-3)39-32(40-31)44(21-19-16-2)29-24-35(9,10)42(14)36(11,12)25-29/h27-29H,15-26H2,1-14H3,(H,37,38,39,40). The molecule has 0 bridgehead atoms. The minimum absolute atomic E-state index is 0.0861. The Hall–Kier alpha value is -1.67. The van der Waals surface area contributed by atoms with Crippen molar-refractivity contribution >= 4 is 17.8 Å². The van der Waals surface area contributed by atoms with E-state index >= 15 is 0 Å². The Morgan fingerprint density at radius 3 is 1.36 bits per heavy atom. The second kappa shape index (κ2) is 14.4. The molecule has 44 heavy (non-hydrogen) atoms. The highest BCUT2D eigenvalue weighted by atomic mass is 15.4. The Morgan fingerprint density at radius 2 is 1.05 bits per heavy atom. The summed E-state index contributed by atoms with van der Waals surface area (Å²) in [7, 11) is 4.58. The molecule has 0 amide bonds. The molecule has 0 saturated carbocycles. The number of anilines is 3. The van der Waals surface area contributed by atoms with Crippen LogP contribution < -0.4 is 15.1 Å². The summed E-state index contributed by atoms with van der Waals surface area (Å²) in [4.78, 5) is 26.1. The van der Waals surface area contributed by atoms with Crippen LogP contribution in [0.5, 0.6) is 0 Å². The molecule has 1 aromatic rings. The molecule has 1 unspecified atom stereocenters. The number of nitrogens with one attached hydrogen (secondary N) is 1. The normalized spacial score (nSPS) is 23.0. The Bertz CT molecular complexity index is 942. The molecule has 0 radical (unpaired) electrons. The van der Waals surface area contributed by atoms with E-state index in [9.17, 15) is 0 Å². The second-order valence-corrected chi connectivity index (χ2v) is 16.7. The van der Waals surface area contributed by atoms with Gasteiger partial charge in [0.1, 0.15) is 0 Å². The van der Waals surface area contributed by atoms with E-state index in [-0.39, 0.29) is 22.2 Å². The third kappa shape index (κ3) is 8.57. The van der Waals surface area contributed by atoms with Crippen LogP contribution in [-0.2, 0) is 0 Å². The molecule has 1 atom stereocenters. The van der Waals surface area contributed by atoms with Gasteiger partial charge in [-0.15, -0.1) is 0 Å². The molecule has 2 fully saturated rings. The average Bonchev–Trinajstić information content (AvgIpc) is 2.93. The Morgan fingerprint density at radius 1 is 0.682 bits per heavy atom. The van der Waals surface area contributed by atoms with Crippen LogP contribution in [0.25, 0.3) is 0 Å². The van der Waals surface area contributed by atoms with E-state index < -0.39 is 0 Å². The monoisotopic (exact) mass is 615 g/mol. The zero-order valence-corrected chi connectivity index (χ0v) is 31.3. The van der Waals surface area contributed by atoms with E-state index in [2.05, 4.69) is 122 Å². The highest BCUT2D eigenvalue weighted by molar-refractivity contribution is 5.47. The van der Waals surface area contributed by atoms with Gasteiger partial charge in [-0.2, -0.15) is 15.0 Å². The van der Waals surface area contributed by atoms with Crippen LogP contribution in [0.2, 0.25) is 0 Å². The third-order valence-corrected chi connectivity index (χ3v) is 11.4. The molecular weight excluding hydrogens is 544 g/mol. The van der Waals surface area contributed by atoms with Crippen LogP contribution in [0.15, 0.2) is 0 Å². The lowest BCUT2D eigenvalue weighted by atomic mass is 9.77. The Balaban J connectivity index is 2.14. The first-order chi connectivity index (χ1) is 20.4. The maximum Gasteiger partial charge on any atom is 0.232 e. The highest BCUT2D eigenvalue weighted by Gasteiger charge is 2.47. The van der Waals surface area contributed by atoms with Gasteiger partial charge in [0.25, 0.3) is 0 Å². The predicted molar refractivity (Wildman–Crippen MR) is 190 cm³/mol. The highest BCUT2D eigenvalue weighted by Crippen LogP contribution is 2.42. The maximum absolute atomic E-state index is 5.43. The van der Waals surface area contributed by atoms with E-state index in [1.807, 2.05) is 0 Å². The van der Waals surface area contributed by atoms with Crippen molar-refractivity contribution < 1.29 is 0 Å². The summed E-state index contributed by atoms with van der Waals surface area (Å²) in [5, 5.41) is 3.65. The lowest BCUT2D eigenvalue weighted by Crippen LogP contribution is -2.63. The summed E-state index contributed by atoms with van der Waals surface area (Å²) in [6.45, 7) is 31.1. The topological polar surface area (TPSA) is 63.7 Å². The zero-order valence-electron chi connectivity index (χ0n) is 31.3. The van der Waals surface area contributed by atoms with Gasteiger partial charge in [-0.25, -0.2) is 0 Å². The number of piperidine rings is 2. The van der Waals surface area contributed by atoms with Crippen LogP contribution >= 0.6 is 0 Å². The fourth-order valence-electron chi connectivity index (χ4n) is 7.73. The number of aromatic nitrogens is 3. The van der Waals surface area contributed by atoms with Crippen molar-refractivity contribution in [1.82, 2.24) is 24.8 Å². The van der Waals surface area contributed by atoms with Gasteiger partial charge in [0.2, 0.25) is 17.8 Å². The van der Waals surface area contributed by atoms with Crippen molar-refractivity contribution in [3.05, 3.63) is 0 Å². The van der Waals surface area contributed by atoms with Gasteiger partial charge < -0.3 is 15.1 Å². The minimum Gasteiger partial charge on any atom is -0.354 e. The van der Waals surface area contributed by atoms with Gasteiger partial charge in [-0.05, 0) is 114 Å². The molecule has 0 aliphatic carbocycles. The van der Waals surface area contributed by atoms with E-state index in [0.717, 1.165) is 95.3 Å². The van der Waals surface area contributed by atoms with Crippen molar-refractivity contribution in [2.45, 2.75) is 175 Å². The number of unbranched alkanes of at least 4 members (excludes halogenated alkanes) is 2. The van der Waals surface area contributed by atoms with Crippen molar-refractivity contribution in [3.8, 4) is 0 Å². The average molecular weight is 615 g/mol. The molecule has 2 aliphatic heterocycles. The first-order valence-corrected chi connectivity index (χ1v) is 17.9. The molecule has 2 aliphatic rings. The predicted octanol–water partition coefficient (Wildman–Crippen LogP) is 7.85. The summed E-state index contributed by atoms with van der Waals surface area (Å²) in [6, 6.07) is 0.733. The molecule has 0 spiro atoms. The summed E-state index contributed by atoms with van der Waals surface area (Å²) in [5.41, 5.74) is 0.345. The van der Waals surface area contributed by atoms with E-state index in [4.69, 9.17) is 15.0 Å². The van der Waals surface area contributed by atoms with Crippen LogP contribution in [-0.4, -0.2) is 92.7 Å². The molecule has 254 valence electrons. The van der Waals surface area contributed by atoms with E-state index in [0.29, 0.717) is 18.0 Å². The van der Waals surface area contributed by atoms with Crippen LogP contribution in [0.4, 0.5) is 17.8 Å². The Labute approximate surface area is 272 Å². The molecule has 0 aromatic carbocycles. The van der Waals surface area contributed by atoms with Gasteiger partial charge >= 0.3 is 0 Å². The van der Waals surface area contributed by atoms with Crippen LogP contribution in [0.3, 0.4) is 0 Å². The summed E-state index contributed by atoms with van der Waals surface area (Å²) < 4.78 is 0. The second-order valence-electron chi connectivity index (χ2n) is 16.7. The number of hydrogen-bond acceptors (Lipinski definition) is 8. The van der Waals surface area contributed by atoms with Crippen LogP contribution in [0, 0.1) is 5.92 Å². The largest absolute Gasteiger partial charge is 0.354 e. The molecular formula is C36H70N8. The van der Waals surface area contributed by atoms with Crippen molar-refractivity contribution in [2.24, 2.45) is 5.92 Å². The van der Waals surface area contributed by atoms with Crippen molar-refractivity contribution in [2.75, 3.05) is 48.8 Å². The SMILES string of the molecule is CCCCN(c1nc(NCC(C)CC)nc(N(CCCC)C2CC(C)(C)N(C)C(C)(C)C2)n1)C1CC(C)(C)N(C)C(C)(C)C1. The first-order valence-electron chi connectivity index (χ1n) is 17.9. The maximum atomic E-state index is 5.43. The number of hydrogen-bond donors (Lipinski definition) is 1. The minimum atomic E-state index is 0.0861. The molecule has 8 nitrogen and oxygen atoms in total. The van der Waals surface area contributed by atoms with Gasteiger partial charge in [-0.1, -0.05) is 47.0 Å². The molecule has 8 heteroatoms. The van der Waals surface area contributed by atoms with E-state index in [1.165, 1.54) is 0 Å². The van der Waals surface area contributed by atoms with Crippen molar-refractivity contribution in [3.63, 3.8) is 0 Å². The lowest BCUT2D eigenvalue weighted by molar-refractivity contribution is -0.0130. The summed E-state index contributed by atoms with van der Waals surface area (Å²) >= 11 is 0. The summed E-state index contributed by atoms with van der Waals surface area (Å²) in [6.07, 6.45) is 10.0. The van der Waals surface area contributed by atoms with Gasteiger partial charge in [-0.3, -0.25) is 9.80 Å². The van der Waals surface area contributed by atoms with Gasteiger partial charge in [0.15, 0.2) is 0 Å². The third-order valence-electron chi connectivity index (χ3n) is 11.4. The zero-order chi connectivity index (χ0) is 33.1. The fourth-order valence-corrected chi connectivity index (χ4v) is 7.73. The Kier molecular flexibility index (Phi) is 12.0. The van der Waals surface area contributed by atoms with Gasteiger partial charge in [0.05, 0.1) is 0 Å². The first kappa shape index (κ1) is 36.8. The van der Waals surface area contributed by atoms with Gasteiger partial charge in [0, 0.05) is 53.9 Å². The number of nitrogens with zero attached hydrogens (tertiary/aromatic N) is 7. The molecule has 3 rings (SSSR count). The molecule has 1 N–H and O–H groups in total. The molecule has 1 aromatic heterocycles. The lowest BCUT2D eigenvalue weighted by Gasteiger charge is -2.56. The quantitative estimate of drug-likeness (QED) is 0.227. The summed E-state index contributed by atoms with van der Waals surface area (Å²) in [5.74, 6) is 2.98. The number of rotatable bonds is 14. The fraction of sp³-hybridized carbons (Fsp3) is 0.917. The molecule has 3 heterocycles.